The number of aromatic amines is 1. The number of imidazole rings is 2. The van der Waals surface area contributed by atoms with Crippen LogP contribution in [0.4, 0.5) is 0 Å². The first-order valence-electron chi connectivity index (χ1n) is 6.97. The molecule has 0 atom stereocenters. The highest BCUT2D eigenvalue weighted by Crippen LogP contribution is 2.16. The van der Waals surface area contributed by atoms with Gasteiger partial charge in [-0.3, -0.25) is 4.90 Å². The van der Waals surface area contributed by atoms with Crippen LogP contribution in [0.2, 0.25) is 0 Å². The highest BCUT2D eigenvalue weighted by atomic mass is 15.2. The number of rotatable bonds is 4. The Labute approximate surface area is 113 Å². The van der Waals surface area contributed by atoms with Crippen LogP contribution >= 0.6 is 0 Å². The van der Waals surface area contributed by atoms with Gasteiger partial charge in [-0.1, -0.05) is 0 Å². The van der Waals surface area contributed by atoms with E-state index in [-0.39, 0.29) is 0 Å². The average molecular weight is 259 g/mol. The number of fused-ring (bicyclic) bond motifs is 1. The number of nitrogens with one attached hydrogen (secondary N) is 1. The summed E-state index contributed by atoms with van der Waals surface area (Å²) >= 11 is 0. The normalized spacial score (nSPS) is 15.7. The van der Waals surface area contributed by atoms with E-state index in [9.17, 15) is 0 Å². The van der Waals surface area contributed by atoms with Crippen molar-refractivity contribution < 1.29 is 0 Å². The summed E-state index contributed by atoms with van der Waals surface area (Å²) in [6.07, 6.45) is 6.17. The number of nitrogens with zero attached hydrogens (tertiary/aromatic N) is 4. The van der Waals surface area contributed by atoms with E-state index in [0.29, 0.717) is 0 Å². The summed E-state index contributed by atoms with van der Waals surface area (Å²) in [4.78, 5) is 14.7. The summed E-state index contributed by atoms with van der Waals surface area (Å²) < 4.78 is 2.22. The van der Waals surface area contributed by atoms with E-state index in [1.807, 2.05) is 13.1 Å². The zero-order valence-electron chi connectivity index (χ0n) is 11.7. The zero-order chi connectivity index (χ0) is 13.2. The Balaban J connectivity index is 1.51. The van der Waals surface area contributed by atoms with Crippen molar-refractivity contribution in [3.63, 3.8) is 0 Å². The number of H-pyrrole nitrogens is 1. The molecule has 3 rings (SSSR count). The summed E-state index contributed by atoms with van der Waals surface area (Å²) in [5, 5.41) is 0. The van der Waals surface area contributed by atoms with Crippen LogP contribution in [0.15, 0.2) is 12.4 Å². The van der Waals surface area contributed by atoms with E-state index >= 15 is 0 Å². The molecule has 0 saturated heterocycles. The Morgan fingerprint density at radius 2 is 2.21 bits per heavy atom. The third-order valence-corrected chi connectivity index (χ3v) is 3.83. The molecule has 5 heteroatoms. The highest BCUT2D eigenvalue weighted by molar-refractivity contribution is 5.17. The first kappa shape index (κ1) is 12.4. The van der Waals surface area contributed by atoms with Crippen LogP contribution in [-0.2, 0) is 19.5 Å². The van der Waals surface area contributed by atoms with E-state index in [1.54, 1.807) is 0 Å². The van der Waals surface area contributed by atoms with Crippen molar-refractivity contribution in [1.29, 1.82) is 0 Å². The largest absolute Gasteiger partial charge is 0.345 e. The maximum atomic E-state index is 4.52. The van der Waals surface area contributed by atoms with Gasteiger partial charge in [0, 0.05) is 45.0 Å². The molecule has 0 radical (unpaired) electrons. The molecule has 19 heavy (non-hydrogen) atoms. The standard InChI is InChI=1S/C14H21N5/c1-11-16-13-4-8-18(10-14(13)17-11)6-3-7-19-9-5-15-12(19)2/h5,9H,3-4,6-8,10H2,1-2H3,(H,16,17). The Morgan fingerprint density at radius 1 is 1.32 bits per heavy atom. The Morgan fingerprint density at radius 3 is 3.00 bits per heavy atom. The van der Waals surface area contributed by atoms with Crippen LogP contribution in [0.5, 0.6) is 0 Å². The number of hydrogen-bond donors (Lipinski definition) is 1. The molecular formula is C14H21N5. The second kappa shape index (κ2) is 5.17. The molecule has 1 aliphatic rings. The zero-order valence-corrected chi connectivity index (χ0v) is 11.7. The second-order valence-electron chi connectivity index (χ2n) is 5.30. The SMILES string of the molecule is Cc1nc2c([nH]1)CN(CCCn1ccnc1C)CC2. The fraction of sp³-hybridized carbons (Fsp3) is 0.571. The van der Waals surface area contributed by atoms with Gasteiger partial charge in [-0.05, 0) is 20.3 Å². The summed E-state index contributed by atoms with van der Waals surface area (Å²) in [6, 6.07) is 0. The monoisotopic (exact) mass is 259 g/mol. The summed E-state index contributed by atoms with van der Waals surface area (Å²) in [5.74, 6) is 2.14. The fourth-order valence-electron chi connectivity index (χ4n) is 2.79. The van der Waals surface area contributed by atoms with E-state index in [1.165, 1.54) is 17.8 Å². The Bertz CT molecular complexity index is 554. The van der Waals surface area contributed by atoms with Crippen LogP contribution in [0, 0.1) is 13.8 Å². The smallest absolute Gasteiger partial charge is 0.105 e. The lowest BCUT2D eigenvalue weighted by Gasteiger charge is -2.25. The van der Waals surface area contributed by atoms with Crippen LogP contribution < -0.4 is 0 Å². The van der Waals surface area contributed by atoms with Gasteiger partial charge in [0.1, 0.15) is 11.6 Å². The van der Waals surface area contributed by atoms with E-state index in [2.05, 4.69) is 37.5 Å². The average Bonchev–Trinajstić information content (AvgIpc) is 2.94. The predicted molar refractivity (Wildman–Crippen MR) is 73.9 cm³/mol. The molecule has 0 spiro atoms. The number of hydrogen-bond acceptors (Lipinski definition) is 3. The molecule has 2 aromatic heterocycles. The van der Waals surface area contributed by atoms with Gasteiger partial charge < -0.3 is 9.55 Å². The van der Waals surface area contributed by atoms with Crippen LogP contribution in [0.3, 0.4) is 0 Å². The van der Waals surface area contributed by atoms with Gasteiger partial charge in [-0.15, -0.1) is 0 Å². The second-order valence-corrected chi connectivity index (χ2v) is 5.30. The van der Waals surface area contributed by atoms with E-state index in [0.717, 1.165) is 44.2 Å². The van der Waals surface area contributed by atoms with E-state index in [4.69, 9.17) is 0 Å². The lowest BCUT2D eigenvalue weighted by atomic mass is 10.1. The molecular weight excluding hydrogens is 238 g/mol. The summed E-state index contributed by atoms with van der Waals surface area (Å²) in [5.41, 5.74) is 2.57. The third-order valence-electron chi connectivity index (χ3n) is 3.83. The number of aromatic nitrogens is 4. The topological polar surface area (TPSA) is 49.7 Å². The molecule has 1 N–H and O–H groups in total. The minimum Gasteiger partial charge on any atom is -0.345 e. The van der Waals surface area contributed by atoms with Crippen molar-refractivity contribution >= 4 is 0 Å². The van der Waals surface area contributed by atoms with Gasteiger partial charge >= 0.3 is 0 Å². The van der Waals surface area contributed by atoms with Gasteiger partial charge in [0.2, 0.25) is 0 Å². The maximum Gasteiger partial charge on any atom is 0.105 e. The molecule has 0 amide bonds. The quantitative estimate of drug-likeness (QED) is 0.908. The Kier molecular flexibility index (Phi) is 3.38. The molecule has 2 aromatic rings. The molecule has 0 unspecified atom stereocenters. The molecule has 1 aliphatic heterocycles. The first-order chi connectivity index (χ1) is 9.22. The van der Waals surface area contributed by atoms with Gasteiger partial charge in [0.25, 0.3) is 0 Å². The lowest BCUT2D eigenvalue weighted by Crippen LogP contribution is -2.31. The van der Waals surface area contributed by atoms with Crippen LogP contribution in [-0.4, -0.2) is 37.5 Å². The van der Waals surface area contributed by atoms with Crippen molar-refractivity contribution in [2.75, 3.05) is 13.1 Å². The summed E-state index contributed by atoms with van der Waals surface area (Å²) in [6.45, 7) is 8.41. The molecule has 0 saturated carbocycles. The molecule has 0 aliphatic carbocycles. The van der Waals surface area contributed by atoms with Crippen molar-refractivity contribution in [3.8, 4) is 0 Å². The van der Waals surface area contributed by atoms with Crippen molar-refractivity contribution in [3.05, 3.63) is 35.4 Å². The maximum absolute atomic E-state index is 4.52. The van der Waals surface area contributed by atoms with Gasteiger partial charge in [0.15, 0.2) is 0 Å². The molecule has 5 nitrogen and oxygen atoms in total. The van der Waals surface area contributed by atoms with Crippen LogP contribution in [0.25, 0.3) is 0 Å². The molecule has 3 heterocycles. The minimum atomic E-state index is 1.01. The summed E-state index contributed by atoms with van der Waals surface area (Å²) in [7, 11) is 0. The first-order valence-corrected chi connectivity index (χ1v) is 6.97. The van der Waals surface area contributed by atoms with Gasteiger partial charge in [0.05, 0.1) is 11.4 Å². The van der Waals surface area contributed by atoms with E-state index < -0.39 is 0 Å². The van der Waals surface area contributed by atoms with Crippen LogP contribution in [0.1, 0.15) is 29.5 Å². The lowest BCUT2D eigenvalue weighted by molar-refractivity contribution is 0.242. The molecule has 0 fully saturated rings. The van der Waals surface area contributed by atoms with Gasteiger partial charge in [-0.25, -0.2) is 9.97 Å². The molecule has 102 valence electrons. The van der Waals surface area contributed by atoms with Crippen molar-refractivity contribution in [2.45, 2.75) is 39.8 Å². The predicted octanol–water partition coefficient (Wildman–Crippen LogP) is 1.67. The van der Waals surface area contributed by atoms with Crippen molar-refractivity contribution in [2.24, 2.45) is 0 Å². The molecule has 0 bridgehead atoms. The fourth-order valence-corrected chi connectivity index (χ4v) is 2.79. The Hall–Kier alpha value is -1.62. The third kappa shape index (κ3) is 2.71. The molecule has 0 aromatic carbocycles. The van der Waals surface area contributed by atoms with Crippen molar-refractivity contribution in [1.82, 2.24) is 24.4 Å². The number of aryl methyl sites for hydroxylation is 3. The highest BCUT2D eigenvalue weighted by Gasteiger charge is 2.18. The minimum absolute atomic E-state index is 1.01. The van der Waals surface area contributed by atoms with Gasteiger partial charge in [-0.2, -0.15) is 0 Å².